The molecule has 0 radical (unpaired) electrons. The Morgan fingerprint density at radius 2 is 1.92 bits per heavy atom. The molecule has 24 heavy (non-hydrogen) atoms. The molecule has 3 rings (SSSR count). The fourth-order valence-corrected chi connectivity index (χ4v) is 3.73. The number of thiophene rings is 1. The van der Waals surface area contributed by atoms with Crippen LogP contribution in [-0.2, 0) is 4.74 Å². The van der Waals surface area contributed by atoms with Crippen LogP contribution in [-0.4, -0.2) is 22.5 Å². The smallest absolute Gasteiger partial charge is 0.348 e. The Kier molecular flexibility index (Phi) is 4.49. The van der Waals surface area contributed by atoms with Crippen molar-refractivity contribution < 1.29 is 9.53 Å². The number of para-hydroxylation sites is 1. The minimum absolute atomic E-state index is 0.309. The molecule has 0 saturated heterocycles. The number of ether oxygens (including phenoxy) is 1. The highest BCUT2D eigenvalue weighted by molar-refractivity contribution is 7.20. The molecule has 0 aliphatic rings. The van der Waals surface area contributed by atoms with Crippen molar-refractivity contribution in [2.45, 2.75) is 27.7 Å². The molecule has 1 aromatic carbocycles. The number of aromatic nitrogens is 2. The van der Waals surface area contributed by atoms with Crippen LogP contribution in [0.1, 0.15) is 33.3 Å². The number of carbonyl (C=O) groups is 1. The second-order valence-corrected chi connectivity index (χ2v) is 6.57. The van der Waals surface area contributed by atoms with Crippen molar-refractivity contribution in [3.63, 3.8) is 0 Å². The lowest BCUT2D eigenvalue weighted by atomic mass is 10.1. The lowest BCUT2D eigenvalue weighted by Gasteiger charge is -2.12. The summed E-state index contributed by atoms with van der Waals surface area (Å²) in [6.45, 7) is 8.17. The largest absolute Gasteiger partial charge is 0.462 e. The van der Waals surface area contributed by atoms with Crippen molar-refractivity contribution in [2.24, 2.45) is 0 Å². The van der Waals surface area contributed by atoms with Gasteiger partial charge in [-0.25, -0.2) is 14.8 Å². The van der Waals surface area contributed by atoms with Gasteiger partial charge >= 0.3 is 5.97 Å². The first kappa shape index (κ1) is 16.4. The van der Waals surface area contributed by atoms with Gasteiger partial charge in [0.25, 0.3) is 0 Å². The third-order valence-electron chi connectivity index (χ3n) is 3.91. The average Bonchev–Trinajstić information content (AvgIpc) is 2.89. The maximum absolute atomic E-state index is 12.1. The first-order chi connectivity index (χ1) is 11.5. The van der Waals surface area contributed by atoms with Crippen molar-refractivity contribution >= 4 is 39.0 Å². The Labute approximate surface area is 144 Å². The van der Waals surface area contributed by atoms with Crippen LogP contribution in [0.15, 0.2) is 24.5 Å². The van der Waals surface area contributed by atoms with Crippen molar-refractivity contribution in [1.82, 2.24) is 9.97 Å². The summed E-state index contributed by atoms with van der Waals surface area (Å²) in [5, 5.41) is 4.28. The van der Waals surface area contributed by atoms with Crippen LogP contribution in [0.25, 0.3) is 10.2 Å². The molecule has 0 atom stereocenters. The molecule has 0 unspecified atom stereocenters. The van der Waals surface area contributed by atoms with E-state index in [4.69, 9.17) is 4.74 Å². The topological polar surface area (TPSA) is 64.1 Å². The van der Waals surface area contributed by atoms with Gasteiger partial charge in [-0.3, -0.25) is 0 Å². The van der Waals surface area contributed by atoms with Crippen molar-refractivity contribution in [3.8, 4) is 0 Å². The molecule has 0 bridgehead atoms. The van der Waals surface area contributed by atoms with Crippen LogP contribution >= 0.6 is 11.3 Å². The average molecular weight is 341 g/mol. The first-order valence-electron chi connectivity index (χ1n) is 7.77. The number of aryl methyl sites for hydroxylation is 3. The molecule has 0 saturated carbocycles. The standard InChI is InChI=1S/C18H19N3O2S/c1-5-23-18(22)15-12(4)13-16(19-9-20-17(13)24-15)21-14-10(2)7-6-8-11(14)3/h6-9H,5H2,1-4H3,(H,19,20,21). The molecular formula is C18H19N3O2S. The summed E-state index contributed by atoms with van der Waals surface area (Å²) in [5.74, 6) is 0.401. The van der Waals surface area contributed by atoms with E-state index >= 15 is 0 Å². The quantitative estimate of drug-likeness (QED) is 0.706. The van der Waals surface area contributed by atoms with Gasteiger partial charge in [0.1, 0.15) is 21.9 Å². The highest BCUT2D eigenvalue weighted by Gasteiger charge is 2.20. The molecule has 3 aromatic rings. The third-order valence-corrected chi connectivity index (χ3v) is 5.09. The predicted octanol–water partition coefficient (Wildman–Crippen LogP) is 4.54. The molecule has 0 fully saturated rings. The van der Waals surface area contributed by atoms with Crippen molar-refractivity contribution in [3.05, 3.63) is 46.1 Å². The molecule has 6 heteroatoms. The zero-order valence-corrected chi connectivity index (χ0v) is 15.0. The number of hydrogen-bond acceptors (Lipinski definition) is 6. The van der Waals surface area contributed by atoms with E-state index in [2.05, 4.69) is 41.3 Å². The summed E-state index contributed by atoms with van der Waals surface area (Å²) in [6, 6.07) is 6.14. The second-order valence-electron chi connectivity index (χ2n) is 5.57. The molecule has 2 heterocycles. The normalized spacial score (nSPS) is 10.8. The van der Waals surface area contributed by atoms with E-state index in [0.717, 1.165) is 32.6 Å². The van der Waals surface area contributed by atoms with Crippen LogP contribution in [0.2, 0.25) is 0 Å². The first-order valence-corrected chi connectivity index (χ1v) is 8.59. The number of benzene rings is 1. The van der Waals surface area contributed by atoms with Gasteiger partial charge < -0.3 is 10.1 Å². The van der Waals surface area contributed by atoms with Gasteiger partial charge in [0.15, 0.2) is 0 Å². The van der Waals surface area contributed by atoms with E-state index < -0.39 is 0 Å². The summed E-state index contributed by atoms with van der Waals surface area (Å²) in [5.41, 5.74) is 4.16. The Balaban J connectivity index is 2.11. The molecule has 2 aromatic heterocycles. The SMILES string of the molecule is CCOC(=O)c1sc2ncnc(Nc3c(C)cccc3C)c2c1C. The summed E-state index contributed by atoms with van der Waals surface area (Å²) < 4.78 is 5.14. The Morgan fingerprint density at radius 3 is 2.58 bits per heavy atom. The Morgan fingerprint density at radius 1 is 1.21 bits per heavy atom. The molecule has 0 aliphatic heterocycles. The Bertz CT molecular complexity index is 898. The van der Waals surface area contributed by atoms with Crippen LogP contribution in [0.4, 0.5) is 11.5 Å². The van der Waals surface area contributed by atoms with E-state index in [1.807, 2.05) is 13.0 Å². The van der Waals surface area contributed by atoms with E-state index in [-0.39, 0.29) is 5.97 Å². The maximum atomic E-state index is 12.1. The van der Waals surface area contributed by atoms with Gasteiger partial charge in [-0.1, -0.05) is 18.2 Å². The van der Waals surface area contributed by atoms with Crippen molar-refractivity contribution in [2.75, 3.05) is 11.9 Å². The zero-order chi connectivity index (χ0) is 17.3. The van der Waals surface area contributed by atoms with Crippen LogP contribution in [0, 0.1) is 20.8 Å². The number of nitrogens with one attached hydrogen (secondary N) is 1. The van der Waals surface area contributed by atoms with Crippen LogP contribution in [0.5, 0.6) is 0 Å². The fraction of sp³-hybridized carbons (Fsp3) is 0.278. The van der Waals surface area contributed by atoms with Gasteiger partial charge in [-0.15, -0.1) is 11.3 Å². The van der Waals surface area contributed by atoms with E-state index in [1.54, 1.807) is 6.92 Å². The van der Waals surface area contributed by atoms with E-state index in [9.17, 15) is 4.79 Å². The molecule has 5 nitrogen and oxygen atoms in total. The summed E-state index contributed by atoms with van der Waals surface area (Å²) in [7, 11) is 0. The van der Waals surface area contributed by atoms with E-state index in [1.165, 1.54) is 17.7 Å². The van der Waals surface area contributed by atoms with Gasteiger partial charge in [0, 0.05) is 5.69 Å². The molecule has 0 amide bonds. The van der Waals surface area contributed by atoms with Gasteiger partial charge in [-0.05, 0) is 44.4 Å². The number of rotatable bonds is 4. The lowest BCUT2D eigenvalue weighted by molar-refractivity contribution is 0.0531. The predicted molar refractivity (Wildman–Crippen MR) is 97.3 cm³/mol. The Hall–Kier alpha value is -2.47. The van der Waals surface area contributed by atoms with Gasteiger partial charge in [0.05, 0.1) is 12.0 Å². The van der Waals surface area contributed by atoms with Crippen LogP contribution in [0.3, 0.4) is 0 Å². The third kappa shape index (κ3) is 2.85. The van der Waals surface area contributed by atoms with Crippen LogP contribution < -0.4 is 5.32 Å². The zero-order valence-electron chi connectivity index (χ0n) is 14.1. The second kappa shape index (κ2) is 6.57. The minimum atomic E-state index is -0.309. The fourth-order valence-electron chi connectivity index (χ4n) is 2.69. The monoisotopic (exact) mass is 341 g/mol. The van der Waals surface area contributed by atoms with E-state index in [0.29, 0.717) is 17.3 Å². The molecule has 0 aliphatic carbocycles. The molecular weight excluding hydrogens is 322 g/mol. The highest BCUT2D eigenvalue weighted by Crippen LogP contribution is 2.35. The molecule has 1 N–H and O–H groups in total. The minimum Gasteiger partial charge on any atom is -0.462 e. The molecule has 0 spiro atoms. The summed E-state index contributed by atoms with van der Waals surface area (Å²) in [6.07, 6.45) is 1.52. The number of esters is 1. The van der Waals surface area contributed by atoms with Gasteiger partial charge in [-0.2, -0.15) is 0 Å². The summed E-state index contributed by atoms with van der Waals surface area (Å²) >= 11 is 1.34. The molecule has 124 valence electrons. The van der Waals surface area contributed by atoms with Crippen molar-refractivity contribution in [1.29, 1.82) is 0 Å². The number of nitrogens with zero attached hydrogens (tertiary/aromatic N) is 2. The number of anilines is 2. The maximum Gasteiger partial charge on any atom is 0.348 e. The number of hydrogen-bond donors (Lipinski definition) is 1. The summed E-state index contributed by atoms with van der Waals surface area (Å²) in [4.78, 5) is 22.2. The lowest BCUT2D eigenvalue weighted by Crippen LogP contribution is -2.04. The number of fused-ring (bicyclic) bond motifs is 1. The highest BCUT2D eigenvalue weighted by atomic mass is 32.1. The van der Waals surface area contributed by atoms with Gasteiger partial charge in [0.2, 0.25) is 0 Å². The number of carbonyl (C=O) groups excluding carboxylic acids is 1.